The van der Waals surface area contributed by atoms with Crippen LogP contribution in [-0.2, 0) is 7.05 Å². The molecule has 1 unspecified atom stereocenters. The minimum atomic E-state index is 0.461. The van der Waals surface area contributed by atoms with Gasteiger partial charge in [0.25, 0.3) is 0 Å². The molecule has 1 N–H and O–H groups in total. The standard InChI is InChI=1S/C15H21N5/c1-15(2)8-7-13(10-15)16-12-6-4-5-11(9-12)14-17-18-19-20(14)3/h4-6,9,13,16H,7-8,10H2,1-3H3. The number of aryl methyl sites for hydroxylation is 1. The number of anilines is 1. The van der Waals surface area contributed by atoms with Crippen molar-refractivity contribution in [2.45, 2.75) is 39.2 Å². The molecule has 20 heavy (non-hydrogen) atoms. The molecule has 0 spiro atoms. The Kier molecular flexibility index (Phi) is 3.20. The Bertz CT molecular complexity index is 602. The van der Waals surface area contributed by atoms with Crippen LogP contribution in [0.1, 0.15) is 33.1 Å². The van der Waals surface area contributed by atoms with Gasteiger partial charge >= 0.3 is 0 Å². The Balaban J connectivity index is 1.77. The highest BCUT2D eigenvalue weighted by Crippen LogP contribution is 2.38. The van der Waals surface area contributed by atoms with Gasteiger partial charge in [0.15, 0.2) is 5.82 Å². The van der Waals surface area contributed by atoms with Gasteiger partial charge in [0.05, 0.1) is 0 Å². The third-order valence-corrected chi connectivity index (χ3v) is 4.08. The predicted octanol–water partition coefficient (Wildman–Crippen LogP) is 2.87. The second kappa shape index (κ2) is 4.89. The van der Waals surface area contributed by atoms with Gasteiger partial charge < -0.3 is 5.32 Å². The fourth-order valence-corrected chi connectivity index (χ4v) is 3.02. The predicted molar refractivity (Wildman–Crippen MR) is 79.3 cm³/mol. The Morgan fingerprint density at radius 2 is 2.20 bits per heavy atom. The van der Waals surface area contributed by atoms with Gasteiger partial charge in [-0.15, -0.1) is 5.10 Å². The maximum Gasteiger partial charge on any atom is 0.181 e. The van der Waals surface area contributed by atoms with Crippen molar-refractivity contribution in [3.05, 3.63) is 24.3 Å². The van der Waals surface area contributed by atoms with E-state index in [1.807, 2.05) is 19.2 Å². The van der Waals surface area contributed by atoms with E-state index in [9.17, 15) is 0 Å². The minimum Gasteiger partial charge on any atom is -0.382 e. The van der Waals surface area contributed by atoms with Crippen molar-refractivity contribution in [3.8, 4) is 11.4 Å². The average Bonchev–Trinajstić information content (AvgIpc) is 2.96. The van der Waals surface area contributed by atoms with Gasteiger partial charge in [-0.05, 0) is 47.2 Å². The summed E-state index contributed by atoms with van der Waals surface area (Å²) >= 11 is 0. The molecule has 0 saturated heterocycles. The zero-order valence-corrected chi connectivity index (χ0v) is 12.3. The first-order chi connectivity index (χ1) is 9.53. The summed E-state index contributed by atoms with van der Waals surface area (Å²) in [4.78, 5) is 0. The van der Waals surface area contributed by atoms with Crippen LogP contribution in [-0.4, -0.2) is 26.2 Å². The lowest BCUT2D eigenvalue weighted by molar-refractivity contribution is 0.378. The molecule has 5 heteroatoms. The fourth-order valence-electron chi connectivity index (χ4n) is 3.02. The lowest BCUT2D eigenvalue weighted by Crippen LogP contribution is -2.17. The third-order valence-electron chi connectivity index (χ3n) is 4.08. The topological polar surface area (TPSA) is 55.6 Å². The molecule has 2 aromatic rings. The van der Waals surface area contributed by atoms with Crippen molar-refractivity contribution in [1.29, 1.82) is 0 Å². The summed E-state index contributed by atoms with van der Waals surface area (Å²) in [5.74, 6) is 0.792. The van der Waals surface area contributed by atoms with Crippen molar-refractivity contribution < 1.29 is 0 Å². The number of tetrazole rings is 1. The van der Waals surface area contributed by atoms with Gasteiger partial charge in [0, 0.05) is 24.3 Å². The van der Waals surface area contributed by atoms with E-state index in [0.29, 0.717) is 11.5 Å². The van der Waals surface area contributed by atoms with E-state index in [0.717, 1.165) is 17.1 Å². The molecule has 0 amide bonds. The molecule has 1 aliphatic rings. The molecule has 0 aliphatic heterocycles. The van der Waals surface area contributed by atoms with Crippen LogP contribution in [0, 0.1) is 5.41 Å². The molecule has 1 atom stereocenters. The quantitative estimate of drug-likeness (QED) is 0.932. The van der Waals surface area contributed by atoms with Crippen LogP contribution in [0.15, 0.2) is 24.3 Å². The maximum absolute atomic E-state index is 4.06. The fraction of sp³-hybridized carbons (Fsp3) is 0.533. The number of benzene rings is 1. The van der Waals surface area contributed by atoms with Crippen molar-refractivity contribution in [2.24, 2.45) is 12.5 Å². The highest BCUT2D eigenvalue weighted by molar-refractivity contribution is 5.62. The lowest BCUT2D eigenvalue weighted by Gasteiger charge is -2.18. The van der Waals surface area contributed by atoms with Crippen molar-refractivity contribution in [1.82, 2.24) is 20.2 Å². The van der Waals surface area contributed by atoms with Crippen LogP contribution in [0.3, 0.4) is 0 Å². The van der Waals surface area contributed by atoms with Gasteiger partial charge in [-0.25, -0.2) is 4.68 Å². The smallest absolute Gasteiger partial charge is 0.181 e. The number of aromatic nitrogens is 4. The molecular weight excluding hydrogens is 250 g/mol. The van der Waals surface area contributed by atoms with Gasteiger partial charge in [0.2, 0.25) is 0 Å². The second-order valence-corrected chi connectivity index (χ2v) is 6.46. The maximum atomic E-state index is 4.06. The lowest BCUT2D eigenvalue weighted by atomic mass is 9.92. The van der Waals surface area contributed by atoms with E-state index >= 15 is 0 Å². The number of rotatable bonds is 3. The summed E-state index contributed by atoms with van der Waals surface area (Å²) in [6.07, 6.45) is 3.75. The largest absolute Gasteiger partial charge is 0.382 e. The molecule has 1 aliphatic carbocycles. The zero-order valence-electron chi connectivity index (χ0n) is 12.3. The summed E-state index contributed by atoms with van der Waals surface area (Å²) in [6.45, 7) is 4.69. The summed E-state index contributed by atoms with van der Waals surface area (Å²) in [5.41, 5.74) is 2.65. The van der Waals surface area contributed by atoms with Gasteiger partial charge in [0.1, 0.15) is 0 Å². The number of hydrogen-bond donors (Lipinski definition) is 1. The molecular formula is C15H21N5. The van der Waals surface area contributed by atoms with Crippen LogP contribution in [0.2, 0.25) is 0 Å². The first-order valence-electron chi connectivity index (χ1n) is 7.13. The van der Waals surface area contributed by atoms with E-state index < -0.39 is 0 Å². The summed E-state index contributed by atoms with van der Waals surface area (Å²) < 4.78 is 1.69. The van der Waals surface area contributed by atoms with Crippen molar-refractivity contribution in [3.63, 3.8) is 0 Å². The third kappa shape index (κ3) is 2.66. The first kappa shape index (κ1) is 13.1. The Morgan fingerprint density at radius 3 is 2.85 bits per heavy atom. The molecule has 0 bridgehead atoms. The van der Waals surface area contributed by atoms with Crippen molar-refractivity contribution >= 4 is 5.69 Å². The van der Waals surface area contributed by atoms with Gasteiger partial charge in [-0.3, -0.25) is 0 Å². The normalized spacial score (nSPS) is 21.1. The van der Waals surface area contributed by atoms with Crippen molar-refractivity contribution in [2.75, 3.05) is 5.32 Å². The molecule has 1 fully saturated rings. The second-order valence-electron chi connectivity index (χ2n) is 6.46. The molecule has 0 radical (unpaired) electrons. The Labute approximate surface area is 119 Å². The SMILES string of the molecule is Cn1nnnc1-c1cccc(NC2CCC(C)(C)C2)c1. The van der Waals surface area contributed by atoms with E-state index in [1.54, 1.807) is 4.68 Å². The highest BCUT2D eigenvalue weighted by Gasteiger charge is 2.30. The van der Waals surface area contributed by atoms with Crippen LogP contribution in [0.4, 0.5) is 5.69 Å². The molecule has 1 heterocycles. The number of hydrogen-bond acceptors (Lipinski definition) is 4. The molecule has 106 valence electrons. The molecule has 1 aromatic carbocycles. The van der Waals surface area contributed by atoms with Crippen LogP contribution in [0.25, 0.3) is 11.4 Å². The summed E-state index contributed by atoms with van der Waals surface area (Å²) in [6, 6.07) is 8.88. The molecule has 1 aromatic heterocycles. The summed E-state index contributed by atoms with van der Waals surface area (Å²) in [5, 5.41) is 15.3. The van der Waals surface area contributed by atoms with E-state index in [1.165, 1.54) is 19.3 Å². The Hall–Kier alpha value is -1.91. The van der Waals surface area contributed by atoms with Gasteiger partial charge in [-0.1, -0.05) is 26.0 Å². The monoisotopic (exact) mass is 271 g/mol. The molecule has 5 nitrogen and oxygen atoms in total. The van der Waals surface area contributed by atoms with Crippen LogP contribution in [0.5, 0.6) is 0 Å². The summed E-state index contributed by atoms with van der Waals surface area (Å²) in [7, 11) is 1.86. The van der Waals surface area contributed by atoms with E-state index in [-0.39, 0.29) is 0 Å². The number of nitrogens with one attached hydrogen (secondary N) is 1. The van der Waals surface area contributed by atoms with Gasteiger partial charge in [-0.2, -0.15) is 0 Å². The molecule has 1 saturated carbocycles. The van der Waals surface area contributed by atoms with Crippen LogP contribution < -0.4 is 5.32 Å². The molecule has 3 rings (SSSR count). The average molecular weight is 271 g/mol. The van der Waals surface area contributed by atoms with E-state index in [4.69, 9.17) is 0 Å². The minimum absolute atomic E-state index is 0.461. The Morgan fingerprint density at radius 1 is 1.35 bits per heavy atom. The van der Waals surface area contributed by atoms with E-state index in [2.05, 4.69) is 46.8 Å². The number of nitrogens with zero attached hydrogens (tertiary/aromatic N) is 4. The first-order valence-corrected chi connectivity index (χ1v) is 7.13. The zero-order chi connectivity index (χ0) is 14.2. The van der Waals surface area contributed by atoms with Crippen LogP contribution >= 0.6 is 0 Å². The highest BCUT2D eigenvalue weighted by atomic mass is 15.5.